The Hall–Kier alpha value is -0.650. The van der Waals surface area contributed by atoms with E-state index in [1.54, 1.807) is 19.0 Å². The van der Waals surface area contributed by atoms with Crippen LogP contribution in [0.5, 0.6) is 0 Å². The third-order valence-corrected chi connectivity index (χ3v) is 3.44. The Kier molecular flexibility index (Phi) is 6.23. The molecule has 0 aliphatic carbocycles. The Balaban J connectivity index is 2.15. The molecule has 0 aromatic carbocycles. The van der Waals surface area contributed by atoms with Gasteiger partial charge in [-0.15, -0.1) is 0 Å². The van der Waals surface area contributed by atoms with Gasteiger partial charge in [-0.25, -0.2) is 0 Å². The molecule has 0 bridgehead atoms. The van der Waals surface area contributed by atoms with E-state index < -0.39 is 5.60 Å². The monoisotopic (exact) mass is 271 g/mol. The Morgan fingerprint density at radius 1 is 1.16 bits per heavy atom. The molecule has 1 aliphatic heterocycles. The van der Waals surface area contributed by atoms with Gasteiger partial charge in [0.2, 0.25) is 5.91 Å². The highest BCUT2D eigenvalue weighted by molar-refractivity contribution is 5.75. The van der Waals surface area contributed by atoms with Crippen molar-refractivity contribution in [2.75, 3.05) is 53.4 Å². The van der Waals surface area contributed by atoms with Crippen molar-refractivity contribution in [1.82, 2.24) is 14.7 Å². The Morgan fingerprint density at radius 3 is 2.16 bits per heavy atom. The van der Waals surface area contributed by atoms with Gasteiger partial charge in [-0.2, -0.15) is 0 Å². The number of hydrogen-bond donors (Lipinski definition) is 1. The molecule has 0 aromatic rings. The minimum Gasteiger partial charge on any atom is -0.389 e. The number of piperazine rings is 1. The molecule has 112 valence electrons. The van der Waals surface area contributed by atoms with Crippen LogP contribution in [0.25, 0.3) is 0 Å². The summed E-state index contributed by atoms with van der Waals surface area (Å²) < 4.78 is 0. The molecular weight excluding hydrogens is 242 g/mol. The molecule has 1 rings (SSSR count). The first-order valence-electron chi connectivity index (χ1n) is 7.15. The lowest BCUT2D eigenvalue weighted by molar-refractivity contribution is -0.128. The molecule has 1 saturated heterocycles. The number of carbonyl (C=O) groups excluding carboxylic acids is 1. The maximum atomic E-state index is 11.5. The minimum absolute atomic E-state index is 0.209. The topological polar surface area (TPSA) is 47.0 Å². The molecule has 5 nitrogen and oxygen atoms in total. The van der Waals surface area contributed by atoms with E-state index in [9.17, 15) is 9.90 Å². The number of carbonyl (C=O) groups is 1. The molecule has 0 radical (unpaired) electrons. The zero-order chi connectivity index (χ0) is 14.5. The molecule has 1 N–H and O–H groups in total. The first-order chi connectivity index (χ1) is 8.78. The number of β-amino-alcohol motifs (C(OH)–C–C–N with tert-alkyl or cyclic N) is 1. The first-order valence-corrected chi connectivity index (χ1v) is 7.15. The van der Waals surface area contributed by atoms with Crippen molar-refractivity contribution in [3.05, 3.63) is 0 Å². The van der Waals surface area contributed by atoms with Crippen LogP contribution in [-0.4, -0.2) is 84.7 Å². The van der Waals surface area contributed by atoms with Crippen LogP contribution in [0, 0.1) is 0 Å². The SMILES string of the molecule is CN(C)C(=O)CCCN1CCN(CC(C)(C)O)CC1. The van der Waals surface area contributed by atoms with Crippen molar-refractivity contribution >= 4 is 5.91 Å². The zero-order valence-corrected chi connectivity index (χ0v) is 12.9. The molecule has 1 fully saturated rings. The van der Waals surface area contributed by atoms with E-state index in [2.05, 4.69) is 9.80 Å². The Morgan fingerprint density at radius 2 is 1.68 bits per heavy atom. The summed E-state index contributed by atoms with van der Waals surface area (Å²) in [5.74, 6) is 0.209. The van der Waals surface area contributed by atoms with Crippen LogP contribution in [-0.2, 0) is 4.79 Å². The largest absolute Gasteiger partial charge is 0.389 e. The summed E-state index contributed by atoms with van der Waals surface area (Å²) in [4.78, 5) is 17.8. The highest BCUT2D eigenvalue weighted by atomic mass is 16.3. The lowest BCUT2D eigenvalue weighted by Gasteiger charge is -2.37. The fourth-order valence-corrected chi connectivity index (χ4v) is 2.40. The Bertz CT molecular complexity index is 279. The quantitative estimate of drug-likeness (QED) is 0.752. The molecule has 0 unspecified atom stereocenters. The van der Waals surface area contributed by atoms with Gasteiger partial charge in [0, 0.05) is 53.2 Å². The van der Waals surface area contributed by atoms with Gasteiger partial charge in [0.1, 0.15) is 0 Å². The molecule has 0 spiro atoms. The minimum atomic E-state index is -0.611. The first kappa shape index (κ1) is 16.4. The summed E-state index contributed by atoms with van der Waals surface area (Å²) in [6.45, 7) is 9.52. The van der Waals surface area contributed by atoms with Crippen LogP contribution in [0.1, 0.15) is 26.7 Å². The van der Waals surface area contributed by atoms with Crippen molar-refractivity contribution in [1.29, 1.82) is 0 Å². The van der Waals surface area contributed by atoms with Crippen LogP contribution >= 0.6 is 0 Å². The summed E-state index contributed by atoms with van der Waals surface area (Å²) in [5.41, 5.74) is -0.611. The fraction of sp³-hybridized carbons (Fsp3) is 0.929. The molecule has 1 heterocycles. The van der Waals surface area contributed by atoms with Gasteiger partial charge in [-0.3, -0.25) is 9.69 Å². The van der Waals surface area contributed by atoms with Crippen LogP contribution in [0.3, 0.4) is 0 Å². The smallest absolute Gasteiger partial charge is 0.222 e. The van der Waals surface area contributed by atoms with Crippen molar-refractivity contribution in [2.24, 2.45) is 0 Å². The number of rotatable bonds is 6. The van der Waals surface area contributed by atoms with E-state index in [4.69, 9.17) is 0 Å². The zero-order valence-electron chi connectivity index (χ0n) is 12.9. The third-order valence-electron chi connectivity index (χ3n) is 3.44. The number of aliphatic hydroxyl groups is 1. The second-order valence-corrected chi connectivity index (χ2v) is 6.32. The summed E-state index contributed by atoms with van der Waals surface area (Å²) in [7, 11) is 3.61. The normalized spacial score (nSPS) is 18.6. The van der Waals surface area contributed by atoms with E-state index in [-0.39, 0.29) is 5.91 Å². The summed E-state index contributed by atoms with van der Waals surface area (Å²) in [5, 5.41) is 9.79. The van der Waals surface area contributed by atoms with Gasteiger partial charge in [0.25, 0.3) is 0 Å². The van der Waals surface area contributed by atoms with E-state index in [1.807, 2.05) is 13.8 Å². The maximum Gasteiger partial charge on any atom is 0.222 e. The molecule has 1 amide bonds. The van der Waals surface area contributed by atoms with Gasteiger partial charge < -0.3 is 14.9 Å². The van der Waals surface area contributed by atoms with Gasteiger partial charge >= 0.3 is 0 Å². The van der Waals surface area contributed by atoms with Crippen LogP contribution < -0.4 is 0 Å². The average molecular weight is 271 g/mol. The molecule has 5 heteroatoms. The van der Waals surface area contributed by atoms with Gasteiger partial charge in [-0.05, 0) is 26.8 Å². The van der Waals surface area contributed by atoms with Crippen LogP contribution in [0.2, 0.25) is 0 Å². The molecule has 19 heavy (non-hydrogen) atoms. The molecule has 1 aliphatic rings. The maximum absolute atomic E-state index is 11.5. The van der Waals surface area contributed by atoms with E-state index in [0.717, 1.165) is 45.7 Å². The lowest BCUT2D eigenvalue weighted by atomic mass is 10.1. The summed E-state index contributed by atoms with van der Waals surface area (Å²) >= 11 is 0. The predicted octanol–water partition coefficient (Wildman–Crippen LogP) is 0.243. The van der Waals surface area contributed by atoms with Crippen molar-refractivity contribution in [3.63, 3.8) is 0 Å². The average Bonchev–Trinajstić information content (AvgIpc) is 2.29. The molecule has 0 atom stereocenters. The van der Waals surface area contributed by atoms with Crippen molar-refractivity contribution in [3.8, 4) is 0 Å². The molecule has 0 aromatic heterocycles. The molecule has 0 saturated carbocycles. The van der Waals surface area contributed by atoms with E-state index >= 15 is 0 Å². The predicted molar refractivity (Wildman–Crippen MR) is 77.1 cm³/mol. The Labute approximate surface area is 117 Å². The standard InChI is InChI=1S/C14H29N3O2/c1-14(2,19)12-17-10-8-16(9-11-17)7-5-6-13(18)15(3)4/h19H,5-12H2,1-4H3. The highest BCUT2D eigenvalue weighted by Crippen LogP contribution is 2.09. The lowest BCUT2D eigenvalue weighted by Crippen LogP contribution is -2.50. The second-order valence-electron chi connectivity index (χ2n) is 6.32. The van der Waals surface area contributed by atoms with Crippen molar-refractivity contribution in [2.45, 2.75) is 32.3 Å². The number of nitrogens with zero attached hydrogens (tertiary/aromatic N) is 3. The van der Waals surface area contributed by atoms with Crippen molar-refractivity contribution < 1.29 is 9.90 Å². The van der Waals surface area contributed by atoms with E-state index in [1.165, 1.54) is 0 Å². The number of amides is 1. The summed E-state index contributed by atoms with van der Waals surface area (Å²) in [6, 6.07) is 0. The van der Waals surface area contributed by atoms with Gasteiger partial charge in [0.05, 0.1) is 5.60 Å². The third kappa shape index (κ3) is 6.89. The van der Waals surface area contributed by atoms with Crippen LogP contribution in [0.15, 0.2) is 0 Å². The molecular formula is C14H29N3O2. The fourth-order valence-electron chi connectivity index (χ4n) is 2.40. The second kappa shape index (κ2) is 7.22. The number of hydrogen-bond acceptors (Lipinski definition) is 4. The van der Waals surface area contributed by atoms with E-state index in [0.29, 0.717) is 6.42 Å². The summed E-state index contributed by atoms with van der Waals surface area (Å²) in [6.07, 6.45) is 1.57. The van der Waals surface area contributed by atoms with Gasteiger partial charge in [-0.1, -0.05) is 0 Å². The van der Waals surface area contributed by atoms with Gasteiger partial charge in [0.15, 0.2) is 0 Å². The highest BCUT2D eigenvalue weighted by Gasteiger charge is 2.22. The van der Waals surface area contributed by atoms with Crippen LogP contribution in [0.4, 0.5) is 0 Å².